The summed E-state index contributed by atoms with van der Waals surface area (Å²) in [4.78, 5) is 25.4. The van der Waals surface area contributed by atoms with Crippen LogP contribution >= 0.6 is 0 Å². The van der Waals surface area contributed by atoms with Crippen molar-refractivity contribution in [3.63, 3.8) is 0 Å². The van der Waals surface area contributed by atoms with Gasteiger partial charge in [-0.1, -0.05) is 41.7 Å². The van der Waals surface area contributed by atoms with Crippen LogP contribution in [-0.2, 0) is 0 Å². The summed E-state index contributed by atoms with van der Waals surface area (Å²) < 4.78 is 0. The minimum atomic E-state index is -0.300. The Morgan fingerprint density at radius 3 is 2.09 bits per heavy atom. The van der Waals surface area contributed by atoms with Crippen LogP contribution in [0.3, 0.4) is 0 Å². The molecule has 0 aliphatic carbocycles. The number of aryl methyl sites for hydroxylation is 1. The molecule has 0 aromatic heterocycles. The molecule has 1 aliphatic rings. The van der Waals surface area contributed by atoms with Crippen molar-refractivity contribution in [3.05, 3.63) is 70.8 Å². The molecule has 0 radical (unpaired) electrons. The third-order valence-electron chi connectivity index (χ3n) is 3.52. The monoisotopic (exact) mass is 299 g/mol. The molecule has 3 rings (SSSR count). The first-order valence-electron chi connectivity index (χ1n) is 7.17. The van der Waals surface area contributed by atoms with Gasteiger partial charge in [-0.15, -0.1) is 0 Å². The fraction of sp³-hybridized carbons (Fsp3) is 0.100. The van der Waals surface area contributed by atoms with Gasteiger partial charge in [0.25, 0.3) is 11.8 Å². The molecular formula is C20H13NO2. The van der Waals surface area contributed by atoms with Crippen molar-refractivity contribution >= 4 is 11.8 Å². The lowest BCUT2D eigenvalue weighted by molar-refractivity contribution is 0.0675. The summed E-state index contributed by atoms with van der Waals surface area (Å²) >= 11 is 0. The number of amides is 2. The van der Waals surface area contributed by atoms with Crippen LogP contribution in [0.1, 0.15) is 31.8 Å². The van der Waals surface area contributed by atoms with Gasteiger partial charge in [0, 0.05) is 5.56 Å². The lowest BCUT2D eigenvalue weighted by Crippen LogP contribution is -2.29. The molecule has 110 valence electrons. The van der Waals surface area contributed by atoms with Crippen LogP contribution in [0.15, 0.2) is 48.5 Å². The summed E-state index contributed by atoms with van der Waals surface area (Å²) in [5.41, 5.74) is 2.92. The zero-order valence-corrected chi connectivity index (χ0v) is 12.6. The van der Waals surface area contributed by atoms with Crippen molar-refractivity contribution in [2.75, 3.05) is 6.54 Å². The maximum Gasteiger partial charge on any atom is 0.262 e. The zero-order chi connectivity index (χ0) is 16.2. The number of benzene rings is 2. The van der Waals surface area contributed by atoms with E-state index in [9.17, 15) is 9.59 Å². The second-order valence-electron chi connectivity index (χ2n) is 5.16. The lowest BCUT2D eigenvalue weighted by Gasteiger charge is -2.08. The predicted molar refractivity (Wildman–Crippen MR) is 87.6 cm³/mol. The summed E-state index contributed by atoms with van der Waals surface area (Å²) in [6.07, 6.45) is 0. The molecule has 0 saturated heterocycles. The van der Waals surface area contributed by atoms with Crippen LogP contribution < -0.4 is 0 Å². The Hall–Kier alpha value is -3.30. The van der Waals surface area contributed by atoms with Gasteiger partial charge in [-0.3, -0.25) is 14.5 Å². The van der Waals surface area contributed by atoms with Gasteiger partial charge in [0.1, 0.15) is 0 Å². The zero-order valence-electron chi connectivity index (χ0n) is 12.6. The van der Waals surface area contributed by atoms with E-state index in [4.69, 9.17) is 0 Å². The van der Waals surface area contributed by atoms with Crippen molar-refractivity contribution in [3.8, 4) is 23.7 Å². The highest BCUT2D eigenvalue weighted by Gasteiger charge is 2.34. The molecule has 23 heavy (non-hydrogen) atoms. The van der Waals surface area contributed by atoms with E-state index < -0.39 is 0 Å². The fourth-order valence-corrected chi connectivity index (χ4v) is 2.29. The Balaban J connectivity index is 1.68. The molecule has 0 atom stereocenters. The van der Waals surface area contributed by atoms with E-state index in [2.05, 4.69) is 23.7 Å². The number of nitrogens with zero attached hydrogens (tertiary/aromatic N) is 1. The smallest absolute Gasteiger partial charge is 0.262 e. The van der Waals surface area contributed by atoms with Crippen LogP contribution in [0.25, 0.3) is 0 Å². The Morgan fingerprint density at radius 1 is 0.870 bits per heavy atom. The molecule has 1 aliphatic heterocycles. The van der Waals surface area contributed by atoms with Crippen LogP contribution in [0, 0.1) is 30.6 Å². The number of rotatable bonds is 1. The van der Waals surface area contributed by atoms with E-state index >= 15 is 0 Å². The van der Waals surface area contributed by atoms with Crippen LogP contribution in [0.5, 0.6) is 0 Å². The Bertz CT molecular complexity index is 867. The molecule has 0 fully saturated rings. The standard InChI is InChI=1S/C20H13NO2/c1-15-10-12-16(13-11-15)7-3-2-6-14-21-19(22)17-8-4-5-9-18(17)20(21)23/h4-5,8-13H,14H2,1H3. The van der Waals surface area contributed by atoms with Gasteiger partial charge < -0.3 is 0 Å². The molecule has 0 unspecified atom stereocenters. The Labute approximate surface area is 134 Å². The molecule has 3 nitrogen and oxygen atoms in total. The predicted octanol–water partition coefficient (Wildman–Crippen LogP) is 2.65. The van der Waals surface area contributed by atoms with Crippen molar-refractivity contribution < 1.29 is 9.59 Å². The molecule has 2 aromatic carbocycles. The van der Waals surface area contributed by atoms with Crippen molar-refractivity contribution in [1.82, 2.24) is 4.90 Å². The van der Waals surface area contributed by atoms with Crippen molar-refractivity contribution in [2.45, 2.75) is 6.92 Å². The molecule has 0 bridgehead atoms. The average Bonchev–Trinajstić information content (AvgIpc) is 2.81. The van der Waals surface area contributed by atoms with E-state index in [1.54, 1.807) is 24.3 Å². The molecular weight excluding hydrogens is 286 g/mol. The largest absolute Gasteiger partial charge is 0.269 e. The van der Waals surface area contributed by atoms with Gasteiger partial charge in [-0.05, 0) is 43.0 Å². The van der Waals surface area contributed by atoms with Crippen molar-refractivity contribution in [1.29, 1.82) is 0 Å². The molecule has 3 heteroatoms. The average molecular weight is 299 g/mol. The number of carbonyl (C=O) groups excluding carboxylic acids is 2. The van der Waals surface area contributed by atoms with Crippen LogP contribution in [0.4, 0.5) is 0 Å². The topological polar surface area (TPSA) is 37.4 Å². The highest BCUT2D eigenvalue weighted by molar-refractivity contribution is 6.21. The fourth-order valence-electron chi connectivity index (χ4n) is 2.29. The summed E-state index contributed by atoms with van der Waals surface area (Å²) in [5.74, 6) is 10.5. The first-order chi connectivity index (χ1) is 11.2. The first-order valence-corrected chi connectivity index (χ1v) is 7.17. The summed E-state index contributed by atoms with van der Waals surface area (Å²) in [6.45, 7) is 2.06. The van der Waals surface area contributed by atoms with Gasteiger partial charge in [-0.25, -0.2) is 0 Å². The van der Waals surface area contributed by atoms with E-state index in [0.717, 1.165) is 10.5 Å². The molecule has 2 amide bonds. The molecule has 1 heterocycles. The summed E-state index contributed by atoms with van der Waals surface area (Å²) in [6, 6.07) is 14.6. The number of hydrogen-bond donors (Lipinski definition) is 0. The molecule has 0 spiro atoms. The molecule has 0 N–H and O–H groups in total. The SMILES string of the molecule is Cc1ccc(C#CC#CCN2C(=O)c3ccccc3C2=O)cc1. The summed E-state index contributed by atoms with van der Waals surface area (Å²) in [7, 11) is 0. The number of imide groups is 1. The minimum absolute atomic E-state index is 0.0505. The number of hydrogen-bond acceptors (Lipinski definition) is 2. The molecule has 2 aromatic rings. The van der Waals surface area contributed by atoms with Gasteiger partial charge in [0.2, 0.25) is 0 Å². The van der Waals surface area contributed by atoms with Gasteiger partial charge in [0.05, 0.1) is 17.7 Å². The van der Waals surface area contributed by atoms with E-state index in [0.29, 0.717) is 11.1 Å². The second kappa shape index (κ2) is 6.22. The van der Waals surface area contributed by atoms with Gasteiger partial charge >= 0.3 is 0 Å². The summed E-state index contributed by atoms with van der Waals surface area (Å²) in [5, 5.41) is 0. The normalized spacial score (nSPS) is 12.1. The third kappa shape index (κ3) is 3.00. The van der Waals surface area contributed by atoms with E-state index in [1.165, 1.54) is 5.56 Å². The van der Waals surface area contributed by atoms with E-state index in [1.807, 2.05) is 31.2 Å². The third-order valence-corrected chi connectivity index (χ3v) is 3.52. The van der Waals surface area contributed by atoms with Crippen molar-refractivity contribution in [2.24, 2.45) is 0 Å². The highest BCUT2D eigenvalue weighted by Crippen LogP contribution is 2.21. The quantitative estimate of drug-likeness (QED) is 0.599. The lowest BCUT2D eigenvalue weighted by atomic mass is 10.1. The van der Waals surface area contributed by atoms with Crippen LogP contribution in [0.2, 0.25) is 0 Å². The highest BCUT2D eigenvalue weighted by atomic mass is 16.2. The first kappa shape index (κ1) is 14.6. The van der Waals surface area contributed by atoms with Gasteiger partial charge in [-0.2, -0.15) is 0 Å². The van der Waals surface area contributed by atoms with Gasteiger partial charge in [0.15, 0.2) is 0 Å². The molecule has 0 saturated carbocycles. The van der Waals surface area contributed by atoms with Crippen LogP contribution in [-0.4, -0.2) is 23.3 Å². The van der Waals surface area contributed by atoms with E-state index in [-0.39, 0.29) is 18.4 Å². The Kier molecular flexibility index (Phi) is 3.95. The maximum absolute atomic E-state index is 12.1. The number of carbonyl (C=O) groups is 2. The maximum atomic E-state index is 12.1. The second-order valence-corrected chi connectivity index (χ2v) is 5.16. The minimum Gasteiger partial charge on any atom is -0.269 e. The number of fused-ring (bicyclic) bond motifs is 1. The Morgan fingerprint density at radius 2 is 1.48 bits per heavy atom.